The fourth-order valence-corrected chi connectivity index (χ4v) is 3.92. The van der Waals surface area contributed by atoms with Crippen LogP contribution in [-0.4, -0.2) is 57.2 Å². The number of hydrogen-bond donors (Lipinski definition) is 3. The molecule has 4 heterocycles. The van der Waals surface area contributed by atoms with Gasteiger partial charge in [0.1, 0.15) is 12.4 Å². The topological polar surface area (TPSA) is 108 Å². The Kier molecular flexibility index (Phi) is 4.47. The van der Waals surface area contributed by atoms with Crippen molar-refractivity contribution in [2.24, 2.45) is 0 Å². The second kappa shape index (κ2) is 6.94. The van der Waals surface area contributed by atoms with Gasteiger partial charge in [-0.25, -0.2) is 4.79 Å². The second-order valence-electron chi connectivity index (χ2n) is 7.03. The highest BCUT2D eigenvalue weighted by Crippen LogP contribution is 2.32. The molecule has 2 aromatic heterocycles. The lowest BCUT2D eigenvalue weighted by molar-refractivity contribution is 0.0945. The van der Waals surface area contributed by atoms with Gasteiger partial charge in [-0.05, 0) is 31.9 Å². The highest BCUT2D eigenvalue weighted by atomic mass is 16.5. The molecule has 3 N–H and O–H groups in total. The van der Waals surface area contributed by atoms with Crippen LogP contribution in [0.3, 0.4) is 0 Å². The van der Waals surface area contributed by atoms with Crippen LogP contribution < -0.4 is 10.1 Å². The molecule has 8 nitrogen and oxygen atoms in total. The number of carbonyl (C=O) groups is 2. The lowest BCUT2D eigenvalue weighted by Gasteiger charge is -2.25. The van der Waals surface area contributed by atoms with Crippen LogP contribution in [0.1, 0.15) is 35.8 Å². The van der Waals surface area contributed by atoms with E-state index in [4.69, 9.17) is 4.74 Å². The van der Waals surface area contributed by atoms with Crippen LogP contribution in [0.2, 0.25) is 0 Å². The smallest absolute Gasteiger partial charge is 0.407 e. The minimum atomic E-state index is -0.914. The molecule has 0 bridgehead atoms. The van der Waals surface area contributed by atoms with Gasteiger partial charge in [-0.1, -0.05) is 0 Å². The van der Waals surface area contributed by atoms with Crippen LogP contribution in [0.15, 0.2) is 24.5 Å². The summed E-state index contributed by atoms with van der Waals surface area (Å²) >= 11 is 0. The fourth-order valence-electron chi connectivity index (χ4n) is 3.92. The molecule has 2 aliphatic heterocycles. The number of rotatable bonds is 4. The molecule has 142 valence electrons. The van der Waals surface area contributed by atoms with E-state index in [9.17, 15) is 14.7 Å². The van der Waals surface area contributed by atoms with Crippen LogP contribution in [0.5, 0.6) is 5.75 Å². The molecule has 27 heavy (non-hydrogen) atoms. The molecular weight excluding hydrogens is 348 g/mol. The zero-order chi connectivity index (χ0) is 19.0. The van der Waals surface area contributed by atoms with Crippen molar-refractivity contribution in [3.8, 4) is 17.0 Å². The van der Waals surface area contributed by atoms with E-state index >= 15 is 0 Å². The van der Waals surface area contributed by atoms with E-state index < -0.39 is 6.09 Å². The van der Waals surface area contributed by atoms with Crippen molar-refractivity contribution >= 4 is 12.0 Å². The van der Waals surface area contributed by atoms with Gasteiger partial charge < -0.3 is 20.1 Å². The number of carbonyl (C=O) groups excluding carboxylic acids is 1. The standard InChI is InChI=1S/C19H22N4O4/c1-11-2-3-12(23(11)19(25)26)10-27-17-9-20-6-4-13(17)16-8-14-15(22-16)5-7-21-18(14)24/h4,6,8-9,11-12,22H,2-3,5,7,10H2,1H3,(H,21,24)(H,25,26)/t11-,12-/m1/s1. The van der Waals surface area contributed by atoms with E-state index in [1.807, 2.05) is 19.1 Å². The zero-order valence-corrected chi connectivity index (χ0v) is 15.1. The molecule has 0 radical (unpaired) electrons. The van der Waals surface area contributed by atoms with Gasteiger partial charge in [-0.3, -0.25) is 14.7 Å². The molecule has 0 unspecified atom stereocenters. The Morgan fingerprint density at radius 2 is 2.26 bits per heavy atom. The minimum Gasteiger partial charge on any atom is -0.489 e. The van der Waals surface area contributed by atoms with E-state index in [2.05, 4.69) is 15.3 Å². The van der Waals surface area contributed by atoms with Crippen LogP contribution in [0.4, 0.5) is 4.79 Å². The number of nitrogens with one attached hydrogen (secondary N) is 2. The van der Waals surface area contributed by atoms with Crippen LogP contribution in [0.25, 0.3) is 11.3 Å². The van der Waals surface area contributed by atoms with Gasteiger partial charge in [0.15, 0.2) is 0 Å². The van der Waals surface area contributed by atoms with Crippen molar-refractivity contribution < 1.29 is 19.4 Å². The quantitative estimate of drug-likeness (QED) is 0.765. The van der Waals surface area contributed by atoms with Gasteiger partial charge >= 0.3 is 6.09 Å². The largest absolute Gasteiger partial charge is 0.489 e. The monoisotopic (exact) mass is 370 g/mol. The number of amides is 2. The van der Waals surface area contributed by atoms with E-state index in [1.54, 1.807) is 12.4 Å². The summed E-state index contributed by atoms with van der Waals surface area (Å²) in [6, 6.07) is 3.48. The number of aromatic nitrogens is 2. The fraction of sp³-hybridized carbons (Fsp3) is 0.421. The first kappa shape index (κ1) is 17.4. The summed E-state index contributed by atoms with van der Waals surface area (Å²) in [5, 5.41) is 12.3. The maximum Gasteiger partial charge on any atom is 0.407 e. The van der Waals surface area contributed by atoms with Crippen molar-refractivity contribution in [2.75, 3.05) is 13.2 Å². The van der Waals surface area contributed by atoms with Gasteiger partial charge in [0.2, 0.25) is 0 Å². The molecule has 4 rings (SSSR count). The molecule has 1 fully saturated rings. The average molecular weight is 370 g/mol. The Morgan fingerprint density at radius 1 is 1.41 bits per heavy atom. The van der Waals surface area contributed by atoms with Gasteiger partial charge in [-0.15, -0.1) is 0 Å². The SMILES string of the molecule is C[C@@H]1CC[C@H](COc2cnccc2-c2cc3c([nH]2)CCNC3=O)N1C(=O)O. The van der Waals surface area contributed by atoms with E-state index in [0.29, 0.717) is 17.9 Å². The predicted octanol–water partition coefficient (Wildman–Crippen LogP) is 2.27. The summed E-state index contributed by atoms with van der Waals surface area (Å²) in [6.45, 7) is 2.81. The second-order valence-corrected chi connectivity index (χ2v) is 7.03. The van der Waals surface area contributed by atoms with Gasteiger partial charge in [0, 0.05) is 36.5 Å². The molecule has 0 aromatic carbocycles. The number of fused-ring (bicyclic) bond motifs is 1. The number of aromatic amines is 1. The van der Waals surface area contributed by atoms with Crippen molar-refractivity contribution in [1.82, 2.24) is 20.2 Å². The Balaban J connectivity index is 1.56. The Labute approximate surface area is 156 Å². The summed E-state index contributed by atoms with van der Waals surface area (Å²) in [6.07, 6.45) is 4.75. The van der Waals surface area contributed by atoms with Crippen molar-refractivity contribution in [2.45, 2.75) is 38.3 Å². The first-order chi connectivity index (χ1) is 13.0. The van der Waals surface area contributed by atoms with Gasteiger partial charge in [-0.2, -0.15) is 0 Å². The Morgan fingerprint density at radius 3 is 3.04 bits per heavy atom. The number of nitrogens with zero attached hydrogens (tertiary/aromatic N) is 2. The van der Waals surface area contributed by atoms with E-state index in [0.717, 1.165) is 36.2 Å². The molecule has 8 heteroatoms. The van der Waals surface area contributed by atoms with E-state index in [-0.39, 0.29) is 24.6 Å². The van der Waals surface area contributed by atoms with Crippen molar-refractivity contribution in [3.63, 3.8) is 0 Å². The maximum atomic E-state index is 12.0. The number of ether oxygens (including phenoxy) is 1. The third-order valence-corrected chi connectivity index (χ3v) is 5.32. The summed E-state index contributed by atoms with van der Waals surface area (Å²) in [4.78, 5) is 32.4. The first-order valence-electron chi connectivity index (χ1n) is 9.13. The van der Waals surface area contributed by atoms with Crippen LogP contribution >= 0.6 is 0 Å². The molecule has 2 amide bonds. The molecule has 0 saturated carbocycles. The summed E-state index contributed by atoms with van der Waals surface area (Å²) in [5.74, 6) is 0.494. The summed E-state index contributed by atoms with van der Waals surface area (Å²) in [5.41, 5.74) is 3.17. The predicted molar refractivity (Wildman–Crippen MR) is 97.9 cm³/mol. The number of hydrogen-bond acceptors (Lipinski definition) is 4. The number of carboxylic acid groups (broad SMARTS) is 1. The van der Waals surface area contributed by atoms with Crippen molar-refractivity contribution in [3.05, 3.63) is 35.8 Å². The zero-order valence-electron chi connectivity index (χ0n) is 15.1. The van der Waals surface area contributed by atoms with Gasteiger partial charge in [0.05, 0.1) is 23.5 Å². The highest BCUT2D eigenvalue weighted by Gasteiger charge is 2.34. The van der Waals surface area contributed by atoms with E-state index in [1.165, 1.54) is 4.90 Å². The molecule has 0 spiro atoms. The first-order valence-corrected chi connectivity index (χ1v) is 9.13. The Bertz CT molecular complexity index is 878. The third-order valence-electron chi connectivity index (χ3n) is 5.32. The van der Waals surface area contributed by atoms with Crippen molar-refractivity contribution in [1.29, 1.82) is 0 Å². The Hall–Kier alpha value is -3.03. The van der Waals surface area contributed by atoms with Crippen LogP contribution in [-0.2, 0) is 6.42 Å². The molecule has 2 atom stereocenters. The van der Waals surface area contributed by atoms with Gasteiger partial charge in [0.25, 0.3) is 5.91 Å². The molecule has 2 aliphatic rings. The lowest BCUT2D eigenvalue weighted by atomic mass is 10.1. The molecular formula is C19H22N4O4. The normalized spacial score (nSPS) is 21.7. The maximum absolute atomic E-state index is 12.0. The lowest BCUT2D eigenvalue weighted by Crippen LogP contribution is -2.41. The minimum absolute atomic E-state index is 0.00175. The number of H-pyrrole nitrogens is 1. The molecule has 1 saturated heterocycles. The third kappa shape index (κ3) is 3.22. The molecule has 0 aliphatic carbocycles. The summed E-state index contributed by atoms with van der Waals surface area (Å²) < 4.78 is 5.98. The molecule has 2 aromatic rings. The highest BCUT2D eigenvalue weighted by molar-refractivity contribution is 5.98. The van der Waals surface area contributed by atoms with Crippen LogP contribution in [0, 0.1) is 0 Å². The number of likely N-dealkylation sites (tertiary alicyclic amines) is 1. The number of pyridine rings is 1. The summed E-state index contributed by atoms with van der Waals surface area (Å²) in [7, 11) is 0. The average Bonchev–Trinajstić information content (AvgIpc) is 3.24.